The number of carbonyl (C=O) groups excluding carboxylic acids is 1. The third kappa shape index (κ3) is 2.82. The SMILES string of the molecule is CN1C(=O)C[C@@H](CNCc2coc3ccccc23)[C@@H]1c1nccn1C. The van der Waals surface area contributed by atoms with E-state index in [9.17, 15) is 4.79 Å². The Balaban J connectivity index is 1.46. The van der Waals surface area contributed by atoms with Gasteiger partial charge in [-0.2, -0.15) is 0 Å². The molecular weight excluding hydrogens is 316 g/mol. The fraction of sp³-hybridized carbons (Fsp3) is 0.368. The molecule has 1 aliphatic heterocycles. The molecular formula is C19H22N4O2. The highest BCUT2D eigenvalue weighted by atomic mass is 16.3. The van der Waals surface area contributed by atoms with Gasteiger partial charge in [-0.1, -0.05) is 18.2 Å². The third-order valence-corrected chi connectivity index (χ3v) is 5.10. The highest BCUT2D eigenvalue weighted by Crippen LogP contribution is 2.35. The zero-order chi connectivity index (χ0) is 17.4. The molecule has 1 amide bonds. The predicted octanol–water partition coefficient (Wildman–Crippen LogP) is 2.48. The molecule has 25 heavy (non-hydrogen) atoms. The fourth-order valence-corrected chi connectivity index (χ4v) is 3.74. The number of rotatable bonds is 5. The van der Waals surface area contributed by atoms with Crippen molar-refractivity contribution in [2.24, 2.45) is 13.0 Å². The maximum absolute atomic E-state index is 12.2. The maximum atomic E-state index is 12.2. The zero-order valence-electron chi connectivity index (χ0n) is 14.5. The van der Waals surface area contributed by atoms with E-state index < -0.39 is 0 Å². The van der Waals surface area contributed by atoms with E-state index in [1.807, 2.05) is 48.0 Å². The maximum Gasteiger partial charge on any atom is 0.223 e. The minimum absolute atomic E-state index is 0.0149. The van der Waals surface area contributed by atoms with Crippen molar-refractivity contribution in [3.63, 3.8) is 0 Å². The van der Waals surface area contributed by atoms with Gasteiger partial charge in [-0.15, -0.1) is 0 Å². The number of aryl methyl sites for hydroxylation is 1. The van der Waals surface area contributed by atoms with Gasteiger partial charge in [0.1, 0.15) is 11.4 Å². The first-order chi connectivity index (χ1) is 12.1. The van der Waals surface area contributed by atoms with Crippen LogP contribution in [0.2, 0.25) is 0 Å². The standard InChI is InChI=1S/C19H22N4O2/c1-22-8-7-21-19(22)18-13(9-17(24)23(18)2)10-20-11-14-12-25-16-6-4-3-5-15(14)16/h3-8,12-13,18,20H,9-11H2,1-2H3/t13-,18+/m0/s1. The molecule has 1 N–H and O–H groups in total. The van der Waals surface area contributed by atoms with E-state index in [1.54, 1.807) is 12.5 Å². The first-order valence-electron chi connectivity index (χ1n) is 8.54. The minimum Gasteiger partial charge on any atom is -0.464 e. The Morgan fingerprint density at radius 1 is 1.32 bits per heavy atom. The summed E-state index contributed by atoms with van der Waals surface area (Å²) >= 11 is 0. The monoisotopic (exact) mass is 338 g/mol. The lowest BCUT2D eigenvalue weighted by molar-refractivity contribution is -0.127. The molecule has 1 aliphatic rings. The zero-order valence-corrected chi connectivity index (χ0v) is 14.5. The fourth-order valence-electron chi connectivity index (χ4n) is 3.74. The van der Waals surface area contributed by atoms with Crippen molar-refractivity contribution in [3.05, 3.63) is 54.3 Å². The molecule has 2 aromatic heterocycles. The number of imidazole rings is 1. The number of benzene rings is 1. The van der Waals surface area contributed by atoms with E-state index in [1.165, 1.54) is 0 Å². The van der Waals surface area contributed by atoms with Crippen molar-refractivity contribution >= 4 is 16.9 Å². The Kier molecular flexibility index (Phi) is 4.05. The molecule has 4 rings (SSSR count). The van der Waals surface area contributed by atoms with E-state index >= 15 is 0 Å². The number of nitrogens with zero attached hydrogens (tertiary/aromatic N) is 3. The second kappa shape index (κ2) is 6.37. The van der Waals surface area contributed by atoms with Gasteiger partial charge in [0, 0.05) is 62.9 Å². The normalized spacial score (nSPS) is 20.7. The summed E-state index contributed by atoms with van der Waals surface area (Å²) in [4.78, 5) is 18.5. The van der Waals surface area contributed by atoms with Crippen LogP contribution in [0.15, 0.2) is 47.3 Å². The van der Waals surface area contributed by atoms with E-state index in [-0.39, 0.29) is 17.9 Å². The highest BCUT2D eigenvalue weighted by Gasteiger charge is 2.40. The topological polar surface area (TPSA) is 63.3 Å². The first kappa shape index (κ1) is 15.9. The van der Waals surface area contributed by atoms with E-state index in [0.717, 1.165) is 35.4 Å². The quantitative estimate of drug-likeness (QED) is 0.776. The van der Waals surface area contributed by atoms with E-state index in [4.69, 9.17) is 4.42 Å². The average Bonchev–Trinajstić information content (AvgIpc) is 3.28. The molecule has 0 aliphatic carbocycles. The van der Waals surface area contributed by atoms with Crippen LogP contribution in [-0.4, -0.2) is 34.0 Å². The number of amides is 1. The molecule has 2 atom stereocenters. The van der Waals surface area contributed by atoms with Crippen molar-refractivity contribution in [2.75, 3.05) is 13.6 Å². The molecule has 0 bridgehead atoms. The van der Waals surface area contributed by atoms with Crippen LogP contribution >= 0.6 is 0 Å². The molecule has 3 aromatic rings. The Labute approximate surface area is 146 Å². The number of para-hydroxylation sites is 1. The summed E-state index contributed by atoms with van der Waals surface area (Å²) in [5.74, 6) is 1.32. The second-order valence-electron chi connectivity index (χ2n) is 6.70. The molecule has 0 saturated carbocycles. The molecule has 6 heteroatoms. The lowest BCUT2D eigenvalue weighted by Crippen LogP contribution is -2.30. The predicted molar refractivity (Wildman–Crippen MR) is 94.7 cm³/mol. The van der Waals surface area contributed by atoms with Crippen molar-refractivity contribution in [2.45, 2.75) is 19.0 Å². The summed E-state index contributed by atoms with van der Waals surface area (Å²) in [6.45, 7) is 1.48. The molecule has 1 saturated heterocycles. The summed E-state index contributed by atoms with van der Waals surface area (Å²) < 4.78 is 7.58. The van der Waals surface area contributed by atoms with Gasteiger partial charge in [-0.05, 0) is 6.07 Å². The van der Waals surface area contributed by atoms with Gasteiger partial charge in [0.05, 0.1) is 12.3 Å². The lowest BCUT2D eigenvalue weighted by Gasteiger charge is -2.24. The number of carbonyl (C=O) groups is 1. The van der Waals surface area contributed by atoms with Crippen LogP contribution in [0.1, 0.15) is 23.9 Å². The Bertz CT molecular complexity index is 898. The lowest BCUT2D eigenvalue weighted by atomic mass is 9.99. The van der Waals surface area contributed by atoms with Crippen LogP contribution in [0.25, 0.3) is 11.0 Å². The van der Waals surface area contributed by atoms with Crippen molar-refractivity contribution in [1.29, 1.82) is 0 Å². The van der Waals surface area contributed by atoms with E-state index in [0.29, 0.717) is 6.42 Å². The summed E-state index contributed by atoms with van der Waals surface area (Å²) in [5, 5.41) is 4.63. The van der Waals surface area contributed by atoms with Crippen molar-refractivity contribution in [3.8, 4) is 0 Å². The molecule has 1 aromatic carbocycles. The molecule has 3 heterocycles. The minimum atomic E-state index is 0.0149. The van der Waals surface area contributed by atoms with Crippen LogP contribution in [0.5, 0.6) is 0 Å². The van der Waals surface area contributed by atoms with Gasteiger partial charge in [0.15, 0.2) is 0 Å². The Morgan fingerprint density at radius 3 is 2.96 bits per heavy atom. The van der Waals surface area contributed by atoms with Crippen LogP contribution in [-0.2, 0) is 18.4 Å². The number of furan rings is 1. The van der Waals surface area contributed by atoms with Crippen molar-refractivity contribution in [1.82, 2.24) is 19.8 Å². The summed E-state index contributed by atoms with van der Waals surface area (Å²) in [7, 11) is 3.84. The number of nitrogens with one attached hydrogen (secondary N) is 1. The second-order valence-corrected chi connectivity index (χ2v) is 6.70. The summed E-state index contributed by atoms with van der Waals surface area (Å²) in [5.41, 5.74) is 2.04. The van der Waals surface area contributed by atoms with Crippen molar-refractivity contribution < 1.29 is 9.21 Å². The van der Waals surface area contributed by atoms with E-state index in [2.05, 4.69) is 16.4 Å². The molecule has 0 radical (unpaired) electrons. The molecule has 0 unspecified atom stereocenters. The van der Waals surface area contributed by atoms with Gasteiger partial charge in [0.25, 0.3) is 0 Å². The van der Waals surface area contributed by atoms with Crippen LogP contribution in [0.4, 0.5) is 0 Å². The van der Waals surface area contributed by atoms with Gasteiger partial charge < -0.3 is 19.2 Å². The third-order valence-electron chi connectivity index (χ3n) is 5.10. The van der Waals surface area contributed by atoms with Gasteiger partial charge in [-0.25, -0.2) is 4.98 Å². The number of hydrogen-bond acceptors (Lipinski definition) is 4. The smallest absolute Gasteiger partial charge is 0.223 e. The Morgan fingerprint density at radius 2 is 2.16 bits per heavy atom. The summed E-state index contributed by atoms with van der Waals surface area (Å²) in [6.07, 6.45) is 6.06. The van der Waals surface area contributed by atoms with Gasteiger partial charge >= 0.3 is 0 Å². The Hall–Kier alpha value is -2.60. The number of fused-ring (bicyclic) bond motifs is 1. The average molecular weight is 338 g/mol. The highest BCUT2D eigenvalue weighted by molar-refractivity contribution is 5.81. The van der Waals surface area contributed by atoms with Crippen LogP contribution < -0.4 is 5.32 Å². The van der Waals surface area contributed by atoms with Gasteiger partial charge in [-0.3, -0.25) is 4.79 Å². The molecule has 130 valence electrons. The summed E-state index contributed by atoms with van der Waals surface area (Å²) in [6, 6.07) is 8.05. The number of hydrogen-bond donors (Lipinski definition) is 1. The van der Waals surface area contributed by atoms with Crippen LogP contribution in [0, 0.1) is 5.92 Å². The number of likely N-dealkylation sites (tertiary alicyclic amines) is 1. The van der Waals surface area contributed by atoms with Crippen LogP contribution in [0.3, 0.4) is 0 Å². The molecule has 0 spiro atoms. The largest absolute Gasteiger partial charge is 0.464 e. The molecule has 1 fully saturated rings. The van der Waals surface area contributed by atoms with Gasteiger partial charge in [0.2, 0.25) is 5.91 Å². The molecule has 6 nitrogen and oxygen atoms in total. The number of aromatic nitrogens is 2. The first-order valence-corrected chi connectivity index (χ1v) is 8.54.